The maximum Gasteiger partial charge on any atom is 0.333 e. The van der Waals surface area contributed by atoms with Crippen molar-refractivity contribution in [2.45, 2.75) is 19.9 Å². The summed E-state index contributed by atoms with van der Waals surface area (Å²) in [5.74, 6) is -0.0931. The summed E-state index contributed by atoms with van der Waals surface area (Å²) in [7, 11) is 1.58. The Hall–Kier alpha value is -2.97. The molecule has 0 radical (unpaired) electrons. The minimum atomic E-state index is -0.515. The van der Waals surface area contributed by atoms with E-state index in [4.69, 9.17) is 0 Å². The lowest BCUT2D eigenvalue weighted by molar-refractivity contribution is -0.384. The normalized spacial score (nSPS) is 11.8. The highest BCUT2D eigenvalue weighted by molar-refractivity contribution is 5.81. The second-order valence-electron chi connectivity index (χ2n) is 5.06. The van der Waals surface area contributed by atoms with E-state index in [9.17, 15) is 14.9 Å². The summed E-state index contributed by atoms with van der Waals surface area (Å²) >= 11 is 0. The first-order valence-corrected chi connectivity index (χ1v) is 7.02. The van der Waals surface area contributed by atoms with E-state index in [0.29, 0.717) is 5.69 Å². The molecule has 9 nitrogen and oxygen atoms in total. The van der Waals surface area contributed by atoms with Gasteiger partial charge in [-0.2, -0.15) is 5.10 Å². The van der Waals surface area contributed by atoms with Crippen LogP contribution in [-0.4, -0.2) is 32.1 Å². The van der Waals surface area contributed by atoms with E-state index in [0.717, 1.165) is 5.69 Å². The summed E-state index contributed by atoms with van der Waals surface area (Å²) in [6.07, 6.45) is 1.65. The topological polar surface area (TPSA) is 115 Å². The third-order valence-corrected chi connectivity index (χ3v) is 3.30. The maximum absolute atomic E-state index is 12.0. The molecule has 9 heteroatoms. The van der Waals surface area contributed by atoms with E-state index >= 15 is 0 Å². The average Bonchev–Trinajstić information content (AvgIpc) is 2.79. The molecule has 2 rings (SSSR count). The molecular formula is C14H18N6O3. The summed E-state index contributed by atoms with van der Waals surface area (Å²) in [4.78, 5) is 26.7. The van der Waals surface area contributed by atoms with Crippen LogP contribution in [0, 0.1) is 17.0 Å². The van der Waals surface area contributed by atoms with Crippen LogP contribution in [0.1, 0.15) is 24.4 Å². The largest absolute Gasteiger partial charge is 0.355 e. The van der Waals surface area contributed by atoms with Gasteiger partial charge in [0.25, 0.3) is 0 Å². The lowest BCUT2D eigenvalue weighted by Crippen LogP contribution is -2.32. The highest BCUT2D eigenvalue weighted by Gasteiger charge is 2.24. The monoisotopic (exact) mass is 318 g/mol. The number of carbonyl (C=O) groups is 1. The number of carbonyl (C=O) groups excluding carboxylic acids is 1. The zero-order valence-corrected chi connectivity index (χ0v) is 13.1. The van der Waals surface area contributed by atoms with Crippen LogP contribution in [0.4, 0.5) is 11.5 Å². The number of pyridine rings is 1. The second kappa shape index (κ2) is 6.86. The number of hydrogen-bond donors (Lipinski definition) is 2. The Morgan fingerprint density at radius 3 is 2.83 bits per heavy atom. The van der Waals surface area contributed by atoms with E-state index < -0.39 is 4.92 Å². The van der Waals surface area contributed by atoms with E-state index in [2.05, 4.69) is 20.7 Å². The molecule has 122 valence electrons. The Morgan fingerprint density at radius 2 is 2.22 bits per heavy atom. The number of amides is 1. The van der Waals surface area contributed by atoms with Crippen LogP contribution in [0.15, 0.2) is 24.4 Å². The molecule has 0 aliphatic rings. The van der Waals surface area contributed by atoms with Gasteiger partial charge in [0.1, 0.15) is 5.69 Å². The molecule has 0 saturated heterocycles. The fourth-order valence-electron chi connectivity index (χ4n) is 2.23. The van der Waals surface area contributed by atoms with Gasteiger partial charge in [-0.25, -0.2) is 4.68 Å². The zero-order chi connectivity index (χ0) is 17.0. The molecule has 0 bridgehead atoms. The summed E-state index contributed by atoms with van der Waals surface area (Å²) in [6.45, 7) is 3.26. The highest BCUT2D eigenvalue weighted by atomic mass is 16.6. The first kappa shape index (κ1) is 16.4. The Kier molecular flexibility index (Phi) is 4.89. The van der Waals surface area contributed by atoms with Gasteiger partial charge >= 0.3 is 5.69 Å². The van der Waals surface area contributed by atoms with Crippen LogP contribution in [-0.2, 0) is 11.8 Å². The van der Waals surface area contributed by atoms with Gasteiger partial charge in [-0.3, -0.25) is 19.9 Å². The predicted octanol–water partition coefficient (Wildman–Crippen LogP) is 1.32. The van der Waals surface area contributed by atoms with E-state index in [1.807, 2.05) is 19.1 Å². The van der Waals surface area contributed by atoms with Gasteiger partial charge in [-0.05, 0) is 26.0 Å². The molecule has 2 heterocycles. The minimum absolute atomic E-state index is 0.100. The number of rotatable bonds is 6. The standard InChI is InChI=1S/C14H18N6O3/c1-9(11-6-4-5-7-15-11)17-12(21)8-16-14-13(20(22)23)10(2)18-19(14)3/h4-7,9,16H,8H2,1-3H3,(H,17,21). The fraction of sp³-hybridized carbons (Fsp3) is 0.357. The van der Waals surface area contributed by atoms with Gasteiger partial charge in [0.05, 0.1) is 23.2 Å². The molecule has 2 aromatic heterocycles. The van der Waals surface area contributed by atoms with Gasteiger partial charge in [0.2, 0.25) is 11.7 Å². The zero-order valence-electron chi connectivity index (χ0n) is 13.1. The second-order valence-corrected chi connectivity index (χ2v) is 5.06. The molecule has 0 saturated carbocycles. The van der Waals surface area contributed by atoms with Gasteiger partial charge in [0.15, 0.2) is 0 Å². The van der Waals surface area contributed by atoms with Crippen LogP contribution in [0.5, 0.6) is 0 Å². The number of nitro groups is 1. The first-order valence-electron chi connectivity index (χ1n) is 7.02. The van der Waals surface area contributed by atoms with Crippen LogP contribution >= 0.6 is 0 Å². The Morgan fingerprint density at radius 1 is 1.48 bits per heavy atom. The van der Waals surface area contributed by atoms with Crippen molar-refractivity contribution in [3.63, 3.8) is 0 Å². The van der Waals surface area contributed by atoms with Crippen molar-refractivity contribution in [2.75, 3.05) is 11.9 Å². The lowest BCUT2D eigenvalue weighted by atomic mass is 10.2. The first-order chi connectivity index (χ1) is 10.9. The van der Waals surface area contributed by atoms with Crippen LogP contribution < -0.4 is 10.6 Å². The molecule has 0 fully saturated rings. The molecule has 0 spiro atoms. The summed E-state index contributed by atoms with van der Waals surface area (Å²) in [6, 6.07) is 5.19. The number of aryl methyl sites for hydroxylation is 2. The van der Waals surface area contributed by atoms with Gasteiger partial charge < -0.3 is 10.6 Å². The predicted molar refractivity (Wildman–Crippen MR) is 83.9 cm³/mol. The van der Waals surface area contributed by atoms with E-state index in [1.54, 1.807) is 26.2 Å². The van der Waals surface area contributed by atoms with Crippen molar-refractivity contribution in [2.24, 2.45) is 7.05 Å². The smallest absolute Gasteiger partial charge is 0.333 e. The Bertz CT molecular complexity index is 713. The number of aromatic nitrogens is 3. The van der Waals surface area contributed by atoms with Crippen molar-refractivity contribution in [1.82, 2.24) is 20.1 Å². The van der Waals surface area contributed by atoms with Crippen molar-refractivity contribution < 1.29 is 9.72 Å². The fourth-order valence-corrected chi connectivity index (χ4v) is 2.23. The van der Waals surface area contributed by atoms with Gasteiger partial charge in [-0.15, -0.1) is 0 Å². The van der Waals surface area contributed by atoms with Crippen LogP contribution in [0.2, 0.25) is 0 Å². The van der Waals surface area contributed by atoms with Gasteiger partial charge in [-0.1, -0.05) is 6.07 Å². The SMILES string of the molecule is Cc1nn(C)c(NCC(=O)NC(C)c2ccccn2)c1[N+](=O)[O-]. The molecule has 0 aliphatic heterocycles. The number of anilines is 1. The third-order valence-electron chi connectivity index (χ3n) is 3.30. The summed E-state index contributed by atoms with van der Waals surface area (Å²) < 4.78 is 1.35. The molecule has 23 heavy (non-hydrogen) atoms. The maximum atomic E-state index is 12.0. The molecule has 0 aliphatic carbocycles. The highest BCUT2D eigenvalue weighted by Crippen LogP contribution is 2.26. The van der Waals surface area contributed by atoms with Crippen molar-refractivity contribution in [3.05, 3.63) is 45.9 Å². The Labute approximate surface area is 132 Å². The van der Waals surface area contributed by atoms with Crippen LogP contribution in [0.25, 0.3) is 0 Å². The molecule has 2 N–H and O–H groups in total. The molecular weight excluding hydrogens is 300 g/mol. The molecule has 0 aromatic carbocycles. The summed E-state index contributed by atoms with van der Waals surface area (Å²) in [5.41, 5.74) is 0.906. The quantitative estimate of drug-likeness (QED) is 0.613. The third kappa shape index (κ3) is 3.82. The van der Waals surface area contributed by atoms with Crippen molar-refractivity contribution in [3.8, 4) is 0 Å². The van der Waals surface area contributed by atoms with E-state index in [1.165, 1.54) is 4.68 Å². The van der Waals surface area contributed by atoms with E-state index in [-0.39, 0.29) is 30.0 Å². The van der Waals surface area contributed by atoms with Crippen LogP contribution in [0.3, 0.4) is 0 Å². The van der Waals surface area contributed by atoms with Crippen molar-refractivity contribution >= 4 is 17.4 Å². The minimum Gasteiger partial charge on any atom is -0.355 e. The van der Waals surface area contributed by atoms with Crippen molar-refractivity contribution in [1.29, 1.82) is 0 Å². The molecule has 1 atom stereocenters. The summed E-state index contributed by atoms with van der Waals surface area (Å²) in [5, 5.41) is 20.6. The van der Waals surface area contributed by atoms with Gasteiger partial charge in [0, 0.05) is 13.2 Å². The molecule has 1 unspecified atom stereocenters. The lowest BCUT2D eigenvalue weighted by Gasteiger charge is -2.13. The number of nitrogens with zero attached hydrogens (tertiary/aromatic N) is 4. The average molecular weight is 318 g/mol. The molecule has 2 aromatic rings. The molecule has 1 amide bonds. The Balaban J connectivity index is 1.99. The number of hydrogen-bond acceptors (Lipinski definition) is 6. The number of nitrogens with one attached hydrogen (secondary N) is 2.